The molecule has 3 nitrogen and oxygen atoms in total. The quantitative estimate of drug-likeness (QED) is 0.732. The van der Waals surface area contributed by atoms with Gasteiger partial charge in [0.15, 0.2) is 0 Å². The van der Waals surface area contributed by atoms with Gasteiger partial charge in [0.05, 0.1) is 11.6 Å². The molecule has 98 valence electrons. The molecule has 2 rings (SSSR count). The molecule has 1 aromatic carbocycles. The van der Waals surface area contributed by atoms with Crippen molar-refractivity contribution in [2.75, 3.05) is 18.4 Å². The highest BCUT2D eigenvalue weighted by molar-refractivity contribution is 9.11. The van der Waals surface area contributed by atoms with Gasteiger partial charge in [-0.2, -0.15) is 0 Å². The maximum absolute atomic E-state index is 12.2. The predicted octanol–water partition coefficient (Wildman–Crippen LogP) is 3.91. The average Bonchev–Trinajstić information content (AvgIpc) is 2.34. The highest BCUT2D eigenvalue weighted by Crippen LogP contribution is 2.34. The molecule has 1 fully saturated rings. The molecular formula is C12H13Br3N2O. The van der Waals surface area contributed by atoms with Gasteiger partial charge in [0.1, 0.15) is 0 Å². The van der Waals surface area contributed by atoms with E-state index in [9.17, 15) is 4.79 Å². The van der Waals surface area contributed by atoms with Crippen LogP contribution in [0.5, 0.6) is 0 Å². The molecule has 0 aliphatic carbocycles. The van der Waals surface area contributed by atoms with E-state index >= 15 is 0 Å². The van der Waals surface area contributed by atoms with Crippen molar-refractivity contribution in [3.63, 3.8) is 0 Å². The van der Waals surface area contributed by atoms with Crippen LogP contribution in [0.1, 0.15) is 12.8 Å². The van der Waals surface area contributed by atoms with Crippen LogP contribution in [0.2, 0.25) is 0 Å². The monoisotopic (exact) mass is 438 g/mol. The lowest BCUT2D eigenvalue weighted by Crippen LogP contribution is -2.37. The fourth-order valence-electron chi connectivity index (χ4n) is 1.96. The standard InChI is InChI=1S/C12H13Br3N2O/c13-8-4-9(14)11(10(15)5-8)17-12(18)7-2-1-3-16-6-7/h4-5,7,16H,1-3,6H2,(H,17,18)/t7-/m1/s1. The molecule has 18 heavy (non-hydrogen) atoms. The minimum Gasteiger partial charge on any atom is -0.324 e. The van der Waals surface area contributed by atoms with E-state index in [-0.39, 0.29) is 11.8 Å². The number of nitrogens with one attached hydrogen (secondary N) is 2. The lowest BCUT2D eigenvalue weighted by atomic mass is 9.99. The van der Waals surface area contributed by atoms with Gasteiger partial charge in [-0.25, -0.2) is 0 Å². The molecule has 0 unspecified atom stereocenters. The van der Waals surface area contributed by atoms with Gasteiger partial charge in [0, 0.05) is 20.0 Å². The number of hydrogen-bond acceptors (Lipinski definition) is 2. The Labute approximate surface area is 131 Å². The first-order valence-corrected chi connectivity index (χ1v) is 8.12. The summed E-state index contributed by atoms with van der Waals surface area (Å²) in [6.07, 6.45) is 2.01. The molecule has 1 heterocycles. The first-order chi connectivity index (χ1) is 8.58. The number of carbonyl (C=O) groups is 1. The zero-order valence-electron chi connectivity index (χ0n) is 9.60. The second-order valence-electron chi connectivity index (χ2n) is 4.28. The summed E-state index contributed by atoms with van der Waals surface area (Å²) in [5.74, 6) is 0.132. The summed E-state index contributed by atoms with van der Waals surface area (Å²) >= 11 is 10.3. The van der Waals surface area contributed by atoms with Gasteiger partial charge in [-0.15, -0.1) is 0 Å². The zero-order valence-corrected chi connectivity index (χ0v) is 14.4. The minimum atomic E-state index is 0.0567. The van der Waals surface area contributed by atoms with E-state index < -0.39 is 0 Å². The lowest BCUT2D eigenvalue weighted by Gasteiger charge is -2.22. The summed E-state index contributed by atoms with van der Waals surface area (Å²) in [6, 6.07) is 3.83. The Morgan fingerprint density at radius 3 is 2.50 bits per heavy atom. The molecule has 1 aromatic rings. The molecule has 0 spiro atoms. The molecule has 1 atom stereocenters. The average molecular weight is 441 g/mol. The van der Waals surface area contributed by atoms with Crippen molar-refractivity contribution < 1.29 is 4.79 Å². The number of amides is 1. The van der Waals surface area contributed by atoms with Gasteiger partial charge in [-0.05, 0) is 63.4 Å². The Bertz CT molecular complexity index is 436. The zero-order chi connectivity index (χ0) is 13.1. The first kappa shape index (κ1) is 14.5. The summed E-state index contributed by atoms with van der Waals surface area (Å²) in [5, 5.41) is 6.23. The third kappa shape index (κ3) is 3.56. The molecule has 0 radical (unpaired) electrons. The van der Waals surface area contributed by atoms with E-state index in [1.165, 1.54) is 0 Å². The second-order valence-corrected chi connectivity index (χ2v) is 6.90. The molecule has 1 saturated heterocycles. The van der Waals surface area contributed by atoms with Crippen LogP contribution < -0.4 is 10.6 Å². The molecular weight excluding hydrogens is 428 g/mol. The molecule has 2 N–H and O–H groups in total. The van der Waals surface area contributed by atoms with E-state index in [2.05, 4.69) is 58.4 Å². The van der Waals surface area contributed by atoms with Crippen molar-refractivity contribution in [2.45, 2.75) is 12.8 Å². The molecule has 0 aromatic heterocycles. The molecule has 1 amide bonds. The highest BCUT2D eigenvalue weighted by atomic mass is 79.9. The van der Waals surface area contributed by atoms with E-state index in [0.29, 0.717) is 0 Å². The topological polar surface area (TPSA) is 41.1 Å². The number of anilines is 1. The minimum absolute atomic E-state index is 0.0567. The van der Waals surface area contributed by atoms with Crippen molar-refractivity contribution >= 4 is 59.4 Å². The Morgan fingerprint density at radius 1 is 1.28 bits per heavy atom. The van der Waals surface area contributed by atoms with E-state index in [1.54, 1.807) is 0 Å². The van der Waals surface area contributed by atoms with Gasteiger partial charge >= 0.3 is 0 Å². The predicted molar refractivity (Wildman–Crippen MR) is 83.8 cm³/mol. The van der Waals surface area contributed by atoms with Crippen molar-refractivity contribution in [2.24, 2.45) is 5.92 Å². The van der Waals surface area contributed by atoms with Gasteiger partial charge in [-0.1, -0.05) is 15.9 Å². The number of hydrogen-bond donors (Lipinski definition) is 2. The fraction of sp³-hybridized carbons (Fsp3) is 0.417. The molecule has 1 aliphatic heterocycles. The fourth-order valence-corrected chi connectivity index (χ4v) is 4.42. The van der Waals surface area contributed by atoms with Crippen LogP contribution in [0.4, 0.5) is 5.69 Å². The van der Waals surface area contributed by atoms with Gasteiger partial charge in [0.25, 0.3) is 0 Å². The summed E-state index contributed by atoms with van der Waals surface area (Å²) < 4.78 is 2.68. The maximum Gasteiger partial charge on any atom is 0.228 e. The van der Waals surface area contributed by atoms with Crippen molar-refractivity contribution in [1.82, 2.24) is 5.32 Å². The molecule has 0 bridgehead atoms. The van der Waals surface area contributed by atoms with E-state index in [1.807, 2.05) is 12.1 Å². The lowest BCUT2D eigenvalue weighted by molar-refractivity contribution is -0.120. The third-order valence-corrected chi connectivity index (χ3v) is 4.63. The summed E-state index contributed by atoms with van der Waals surface area (Å²) in [4.78, 5) is 12.2. The molecule has 6 heteroatoms. The molecule has 1 aliphatic rings. The maximum atomic E-state index is 12.2. The van der Waals surface area contributed by atoms with E-state index in [4.69, 9.17) is 0 Å². The van der Waals surface area contributed by atoms with Crippen LogP contribution in [-0.4, -0.2) is 19.0 Å². The largest absolute Gasteiger partial charge is 0.324 e. The number of halogens is 3. The van der Waals surface area contributed by atoms with Crippen molar-refractivity contribution in [3.8, 4) is 0 Å². The van der Waals surface area contributed by atoms with Crippen LogP contribution in [-0.2, 0) is 4.79 Å². The van der Waals surface area contributed by atoms with Crippen molar-refractivity contribution in [1.29, 1.82) is 0 Å². The Hall–Kier alpha value is 0.0900. The van der Waals surface area contributed by atoms with Crippen LogP contribution in [0.25, 0.3) is 0 Å². The summed E-state index contributed by atoms with van der Waals surface area (Å²) in [5.41, 5.74) is 0.786. The first-order valence-electron chi connectivity index (χ1n) is 5.74. The van der Waals surface area contributed by atoms with Crippen LogP contribution in [0.3, 0.4) is 0 Å². The Morgan fingerprint density at radius 2 is 1.94 bits per heavy atom. The summed E-state index contributed by atoms with van der Waals surface area (Å²) in [7, 11) is 0. The number of benzene rings is 1. The number of piperidine rings is 1. The second kappa shape index (κ2) is 6.50. The SMILES string of the molecule is O=C(Nc1c(Br)cc(Br)cc1Br)[C@@H]1CCCNC1. The smallest absolute Gasteiger partial charge is 0.228 e. The van der Waals surface area contributed by atoms with Crippen LogP contribution in [0.15, 0.2) is 25.6 Å². The molecule has 0 saturated carbocycles. The highest BCUT2D eigenvalue weighted by Gasteiger charge is 2.22. The summed E-state index contributed by atoms with van der Waals surface area (Å²) in [6.45, 7) is 1.77. The number of carbonyl (C=O) groups excluding carboxylic acids is 1. The van der Waals surface area contributed by atoms with E-state index in [0.717, 1.165) is 45.0 Å². The van der Waals surface area contributed by atoms with Gasteiger partial charge < -0.3 is 10.6 Å². The van der Waals surface area contributed by atoms with Crippen LogP contribution in [0, 0.1) is 5.92 Å². The van der Waals surface area contributed by atoms with Gasteiger partial charge in [0.2, 0.25) is 5.91 Å². The van der Waals surface area contributed by atoms with Crippen LogP contribution >= 0.6 is 47.8 Å². The van der Waals surface area contributed by atoms with Gasteiger partial charge in [-0.3, -0.25) is 4.79 Å². The van der Waals surface area contributed by atoms with Crippen molar-refractivity contribution in [3.05, 3.63) is 25.6 Å². The third-order valence-electron chi connectivity index (χ3n) is 2.92. The number of rotatable bonds is 2. The Balaban J connectivity index is 2.11. The Kier molecular flexibility index (Phi) is 5.24. The normalized spacial score (nSPS) is 19.6.